The Morgan fingerprint density at radius 2 is 1.50 bits per heavy atom. The third-order valence-corrected chi connectivity index (χ3v) is 6.41. The van der Waals surface area contributed by atoms with Gasteiger partial charge in [-0.15, -0.1) is 0 Å². The molecule has 3 heteroatoms. The number of hydrogen-bond acceptors (Lipinski definition) is 1. The molecule has 0 radical (unpaired) electrons. The molecule has 0 bridgehead atoms. The van der Waals surface area contributed by atoms with Crippen molar-refractivity contribution in [3.8, 4) is 16.9 Å². The van der Waals surface area contributed by atoms with Crippen LogP contribution in [0.15, 0.2) is 91.0 Å². The van der Waals surface area contributed by atoms with Crippen molar-refractivity contribution in [1.29, 1.82) is 0 Å². The van der Waals surface area contributed by atoms with Crippen LogP contribution in [0.1, 0.15) is 53.0 Å². The van der Waals surface area contributed by atoms with Crippen LogP contribution in [0.5, 0.6) is 0 Å². The van der Waals surface area contributed by atoms with E-state index in [9.17, 15) is 4.79 Å². The first-order valence-corrected chi connectivity index (χ1v) is 11.5. The lowest BCUT2D eigenvalue weighted by atomic mass is 9.98. The summed E-state index contributed by atoms with van der Waals surface area (Å²) < 4.78 is 2.39. The van der Waals surface area contributed by atoms with Gasteiger partial charge >= 0.3 is 0 Å². The maximum atomic E-state index is 12.8. The molecule has 3 nitrogen and oxygen atoms in total. The van der Waals surface area contributed by atoms with Crippen molar-refractivity contribution in [2.24, 2.45) is 0 Å². The van der Waals surface area contributed by atoms with Crippen molar-refractivity contribution >= 4 is 5.91 Å². The summed E-state index contributed by atoms with van der Waals surface area (Å²) in [7, 11) is 0. The number of benzene rings is 3. The van der Waals surface area contributed by atoms with E-state index in [1.165, 1.54) is 35.4 Å². The Balaban J connectivity index is 1.44. The monoisotopic (exact) mass is 420 g/mol. The van der Waals surface area contributed by atoms with E-state index >= 15 is 0 Å². The van der Waals surface area contributed by atoms with Gasteiger partial charge in [0, 0.05) is 16.9 Å². The first-order chi connectivity index (χ1) is 15.7. The highest BCUT2D eigenvalue weighted by atomic mass is 16.1. The minimum absolute atomic E-state index is 0.0375. The Bertz CT molecular complexity index is 1210. The first-order valence-electron chi connectivity index (χ1n) is 11.5. The van der Waals surface area contributed by atoms with Crippen LogP contribution in [-0.4, -0.2) is 10.5 Å². The summed E-state index contributed by atoms with van der Waals surface area (Å²) in [5.41, 5.74) is 8.20. The second kappa shape index (κ2) is 8.88. The highest BCUT2D eigenvalue weighted by Gasteiger charge is 2.20. The third kappa shape index (κ3) is 3.99. The predicted molar refractivity (Wildman–Crippen MR) is 130 cm³/mol. The fraction of sp³-hybridized carbons (Fsp3) is 0.207. The topological polar surface area (TPSA) is 34.0 Å². The Kier molecular flexibility index (Phi) is 5.64. The number of nitrogens with zero attached hydrogens (tertiary/aromatic N) is 1. The molecule has 1 heterocycles. The smallest absolute Gasteiger partial charge is 0.251 e. The molecule has 0 saturated carbocycles. The molecule has 1 aromatic heterocycles. The average molecular weight is 421 g/mol. The van der Waals surface area contributed by atoms with Crippen molar-refractivity contribution < 1.29 is 4.79 Å². The van der Waals surface area contributed by atoms with E-state index in [0.29, 0.717) is 5.56 Å². The molecule has 0 fully saturated rings. The van der Waals surface area contributed by atoms with Gasteiger partial charge in [0.2, 0.25) is 0 Å². The molecule has 32 heavy (non-hydrogen) atoms. The summed E-state index contributed by atoms with van der Waals surface area (Å²) in [6.45, 7) is 2.01. The van der Waals surface area contributed by atoms with Crippen molar-refractivity contribution in [2.45, 2.75) is 38.6 Å². The SMILES string of the molecule is C[C@@H](NC(=O)c1ccc(-n2c(-c3ccccc3)cc3c2CCCC3)cc1)c1ccccc1. The first kappa shape index (κ1) is 20.3. The quantitative estimate of drug-likeness (QED) is 0.392. The number of fused-ring (bicyclic) bond motifs is 1. The van der Waals surface area contributed by atoms with E-state index in [2.05, 4.69) is 58.4 Å². The molecule has 3 aromatic carbocycles. The molecule has 1 aliphatic rings. The number of aryl methyl sites for hydroxylation is 1. The van der Waals surface area contributed by atoms with E-state index < -0.39 is 0 Å². The summed E-state index contributed by atoms with van der Waals surface area (Å²) >= 11 is 0. The highest BCUT2D eigenvalue weighted by molar-refractivity contribution is 5.94. The molecule has 4 aromatic rings. The summed E-state index contributed by atoms with van der Waals surface area (Å²) in [5, 5.41) is 3.11. The summed E-state index contributed by atoms with van der Waals surface area (Å²) in [6, 6.07) is 31.0. The molecule has 1 N–H and O–H groups in total. The van der Waals surface area contributed by atoms with E-state index in [1.54, 1.807) is 0 Å². The minimum atomic E-state index is -0.0503. The van der Waals surface area contributed by atoms with Gasteiger partial charge in [-0.1, -0.05) is 60.7 Å². The van der Waals surface area contributed by atoms with E-state index in [0.717, 1.165) is 24.1 Å². The molecule has 160 valence electrons. The number of rotatable bonds is 5. The van der Waals surface area contributed by atoms with Gasteiger partial charge in [-0.2, -0.15) is 0 Å². The number of carbonyl (C=O) groups excluding carboxylic acids is 1. The zero-order valence-electron chi connectivity index (χ0n) is 18.4. The number of amides is 1. The highest BCUT2D eigenvalue weighted by Crippen LogP contribution is 2.34. The van der Waals surface area contributed by atoms with Crippen molar-refractivity contribution in [1.82, 2.24) is 9.88 Å². The van der Waals surface area contributed by atoms with E-state index in [-0.39, 0.29) is 11.9 Å². The van der Waals surface area contributed by atoms with E-state index in [4.69, 9.17) is 0 Å². The Morgan fingerprint density at radius 1 is 0.844 bits per heavy atom. The fourth-order valence-electron chi connectivity index (χ4n) is 4.68. The standard InChI is InChI=1S/C29H28N2O/c1-21(22-10-4-2-5-11-22)30-29(32)24-16-18-26(19-17-24)31-27-15-9-8-14-25(27)20-28(31)23-12-6-3-7-13-23/h2-7,10-13,16-21H,8-9,14-15H2,1H3,(H,30,32)/t21-/m1/s1. The molecular formula is C29H28N2O. The molecule has 0 unspecified atom stereocenters. The lowest BCUT2D eigenvalue weighted by Gasteiger charge is -2.18. The van der Waals surface area contributed by atoms with E-state index in [1.807, 2.05) is 49.4 Å². The molecule has 0 saturated heterocycles. The van der Waals surface area contributed by atoms with Crippen molar-refractivity contribution in [3.63, 3.8) is 0 Å². The van der Waals surface area contributed by atoms with Gasteiger partial charge in [0.15, 0.2) is 0 Å². The third-order valence-electron chi connectivity index (χ3n) is 6.41. The Labute approximate surface area is 189 Å². The van der Waals surface area contributed by atoms with Crippen LogP contribution < -0.4 is 5.32 Å². The maximum absolute atomic E-state index is 12.8. The maximum Gasteiger partial charge on any atom is 0.251 e. The van der Waals surface area contributed by atoms with Gasteiger partial charge in [0.25, 0.3) is 5.91 Å². The lowest BCUT2D eigenvalue weighted by molar-refractivity contribution is 0.0940. The van der Waals surface area contributed by atoms with Gasteiger partial charge in [-0.3, -0.25) is 4.79 Å². The van der Waals surface area contributed by atoms with Crippen LogP contribution in [-0.2, 0) is 12.8 Å². The average Bonchev–Trinajstić information content (AvgIpc) is 3.25. The predicted octanol–water partition coefficient (Wildman–Crippen LogP) is 6.51. The minimum Gasteiger partial charge on any atom is -0.346 e. The Morgan fingerprint density at radius 3 is 2.22 bits per heavy atom. The van der Waals surface area contributed by atoms with Crippen LogP contribution >= 0.6 is 0 Å². The number of hydrogen-bond donors (Lipinski definition) is 1. The fourth-order valence-corrected chi connectivity index (χ4v) is 4.68. The van der Waals surface area contributed by atoms with Gasteiger partial charge in [-0.05, 0) is 79.6 Å². The molecule has 1 aliphatic carbocycles. The largest absolute Gasteiger partial charge is 0.346 e. The van der Waals surface area contributed by atoms with Crippen molar-refractivity contribution in [3.05, 3.63) is 113 Å². The van der Waals surface area contributed by atoms with Crippen LogP contribution in [0.25, 0.3) is 16.9 Å². The van der Waals surface area contributed by atoms with Gasteiger partial charge in [0.05, 0.1) is 11.7 Å². The molecule has 5 rings (SSSR count). The molecule has 0 spiro atoms. The summed E-state index contributed by atoms with van der Waals surface area (Å²) in [6.07, 6.45) is 4.71. The second-order valence-corrected chi connectivity index (χ2v) is 8.56. The van der Waals surface area contributed by atoms with Crippen LogP contribution in [0.4, 0.5) is 0 Å². The number of carbonyl (C=O) groups is 1. The van der Waals surface area contributed by atoms with Gasteiger partial charge < -0.3 is 9.88 Å². The summed E-state index contributed by atoms with van der Waals surface area (Å²) in [4.78, 5) is 12.8. The van der Waals surface area contributed by atoms with Crippen molar-refractivity contribution in [2.75, 3.05) is 0 Å². The molecule has 1 atom stereocenters. The zero-order valence-corrected chi connectivity index (χ0v) is 18.4. The van der Waals surface area contributed by atoms with Gasteiger partial charge in [-0.25, -0.2) is 0 Å². The number of aromatic nitrogens is 1. The second-order valence-electron chi connectivity index (χ2n) is 8.56. The van der Waals surface area contributed by atoms with Crippen LogP contribution in [0.2, 0.25) is 0 Å². The Hall–Kier alpha value is -3.59. The van der Waals surface area contributed by atoms with Crippen LogP contribution in [0.3, 0.4) is 0 Å². The normalized spacial score (nSPS) is 13.9. The van der Waals surface area contributed by atoms with Gasteiger partial charge in [0.1, 0.15) is 0 Å². The summed E-state index contributed by atoms with van der Waals surface area (Å²) in [5.74, 6) is -0.0503. The molecule has 1 amide bonds. The number of nitrogens with one attached hydrogen (secondary N) is 1. The molecular weight excluding hydrogens is 392 g/mol. The van der Waals surface area contributed by atoms with Crippen LogP contribution in [0, 0.1) is 0 Å². The zero-order chi connectivity index (χ0) is 21.9. The lowest BCUT2D eigenvalue weighted by Crippen LogP contribution is -2.26. The molecule has 0 aliphatic heterocycles.